The summed E-state index contributed by atoms with van der Waals surface area (Å²) in [5.41, 5.74) is 8.05. The molecule has 2 N–H and O–H groups in total. The molecule has 2 aromatic carbocycles. The van der Waals surface area contributed by atoms with Crippen molar-refractivity contribution in [1.29, 1.82) is 0 Å². The second-order valence-corrected chi connectivity index (χ2v) is 9.21. The van der Waals surface area contributed by atoms with Gasteiger partial charge in [-0.2, -0.15) is 0 Å². The molecule has 0 aliphatic carbocycles. The first kappa shape index (κ1) is 22.8. The molecule has 170 valence electrons. The third-order valence-corrected chi connectivity index (χ3v) is 7.06. The van der Waals surface area contributed by atoms with E-state index in [4.69, 9.17) is 4.74 Å². The minimum atomic E-state index is -0.333. The lowest BCUT2D eigenvalue weighted by Gasteiger charge is -2.18. The van der Waals surface area contributed by atoms with E-state index in [1.54, 1.807) is 37.3 Å². The number of ether oxygens (including phenoxy) is 1. The normalized spacial score (nSPS) is 18.4. The van der Waals surface area contributed by atoms with E-state index in [0.717, 1.165) is 29.5 Å². The highest BCUT2D eigenvalue weighted by molar-refractivity contribution is 7.21. The molecule has 1 amide bonds. The average Bonchev–Trinajstić information content (AvgIpc) is 3.39. The van der Waals surface area contributed by atoms with Gasteiger partial charge >= 0.3 is 0 Å². The van der Waals surface area contributed by atoms with Gasteiger partial charge in [0, 0.05) is 48.4 Å². The van der Waals surface area contributed by atoms with Crippen LogP contribution in [0.15, 0.2) is 42.5 Å². The van der Waals surface area contributed by atoms with Gasteiger partial charge < -0.3 is 9.64 Å². The highest BCUT2D eigenvalue weighted by atomic mass is 32.1. The van der Waals surface area contributed by atoms with Gasteiger partial charge in [0.1, 0.15) is 11.6 Å². The molecule has 3 aromatic rings. The molecule has 1 aliphatic heterocycles. The Morgan fingerprint density at radius 3 is 2.81 bits per heavy atom. The summed E-state index contributed by atoms with van der Waals surface area (Å²) in [7, 11) is 3.32. The highest BCUT2D eigenvalue weighted by Crippen LogP contribution is 2.34. The molecule has 5 nitrogen and oxygen atoms in total. The number of nitrogens with zero attached hydrogens (tertiary/aromatic N) is 1. The molecule has 8 heteroatoms. The van der Waals surface area contributed by atoms with Gasteiger partial charge in [0.2, 0.25) is 0 Å². The van der Waals surface area contributed by atoms with Gasteiger partial charge in [-0.15, -0.1) is 11.3 Å². The van der Waals surface area contributed by atoms with Crippen molar-refractivity contribution < 1.29 is 18.3 Å². The summed E-state index contributed by atoms with van der Waals surface area (Å²) in [4.78, 5) is 15.3. The van der Waals surface area contributed by atoms with Crippen LogP contribution in [0.3, 0.4) is 0 Å². The maximum absolute atomic E-state index is 14.4. The lowest BCUT2D eigenvalue weighted by Crippen LogP contribution is -2.32. The van der Waals surface area contributed by atoms with Crippen LogP contribution in [0.2, 0.25) is 0 Å². The van der Waals surface area contributed by atoms with Crippen molar-refractivity contribution in [1.82, 2.24) is 15.8 Å². The van der Waals surface area contributed by atoms with Crippen molar-refractivity contribution in [3.8, 4) is 0 Å². The molecule has 32 heavy (non-hydrogen) atoms. The first-order valence-electron chi connectivity index (χ1n) is 10.7. The minimum absolute atomic E-state index is 0.0695. The molecule has 1 saturated heterocycles. The van der Waals surface area contributed by atoms with Crippen LogP contribution < -0.4 is 10.9 Å². The Morgan fingerprint density at radius 1 is 1.22 bits per heavy atom. The lowest BCUT2D eigenvalue weighted by molar-refractivity contribution is 0.0792. The zero-order valence-electron chi connectivity index (χ0n) is 18.2. The number of carbonyl (C=O) groups excluding carboxylic acids is 1. The fourth-order valence-corrected chi connectivity index (χ4v) is 5.44. The molecule has 0 radical (unpaired) electrons. The van der Waals surface area contributed by atoms with Crippen LogP contribution >= 0.6 is 11.3 Å². The van der Waals surface area contributed by atoms with Crippen LogP contribution in [0, 0.1) is 11.6 Å². The molecule has 0 saturated carbocycles. The quantitative estimate of drug-likeness (QED) is 0.509. The summed E-state index contributed by atoms with van der Waals surface area (Å²) in [6.45, 7) is 0.778. The first-order valence-corrected chi connectivity index (χ1v) is 11.5. The summed E-state index contributed by atoms with van der Waals surface area (Å²) in [6, 6.07) is 11.8. The van der Waals surface area contributed by atoms with E-state index in [1.807, 2.05) is 12.1 Å². The number of rotatable bonds is 8. The molecule has 2 atom stereocenters. The highest BCUT2D eigenvalue weighted by Gasteiger charge is 2.26. The van der Waals surface area contributed by atoms with Crippen molar-refractivity contribution >= 4 is 27.3 Å². The van der Waals surface area contributed by atoms with Gasteiger partial charge in [0.05, 0.1) is 11.5 Å². The van der Waals surface area contributed by atoms with E-state index in [1.165, 1.54) is 23.5 Å². The van der Waals surface area contributed by atoms with E-state index in [9.17, 15) is 13.6 Å². The Hall–Kier alpha value is -2.39. The Balaban J connectivity index is 1.35. The largest absolute Gasteiger partial charge is 0.380 e. The van der Waals surface area contributed by atoms with Crippen molar-refractivity contribution in [2.24, 2.45) is 0 Å². The maximum Gasteiger partial charge on any atom is 0.264 e. The predicted octanol–water partition coefficient (Wildman–Crippen LogP) is 4.79. The molecule has 1 fully saturated rings. The number of thiophene rings is 1. The maximum atomic E-state index is 14.4. The smallest absolute Gasteiger partial charge is 0.264 e. The van der Waals surface area contributed by atoms with E-state index >= 15 is 0 Å². The third-order valence-electron chi connectivity index (χ3n) is 5.87. The number of amides is 1. The third kappa shape index (κ3) is 4.83. The van der Waals surface area contributed by atoms with Crippen LogP contribution in [0.1, 0.15) is 46.1 Å². The van der Waals surface area contributed by atoms with Crippen LogP contribution in [-0.2, 0) is 11.3 Å². The number of hydrazine groups is 1. The minimum Gasteiger partial charge on any atom is -0.380 e. The fourth-order valence-electron chi connectivity index (χ4n) is 4.23. The Kier molecular flexibility index (Phi) is 7.15. The average molecular weight is 460 g/mol. The summed E-state index contributed by atoms with van der Waals surface area (Å²) < 4.78 is 33.9. The van der Waals surface area contributed by atoms with Gasteiger partial charge in [-0.05, 0) is 49.1 Å². The molecule has 1 aliphatic rings. The second-order valence-electron chi connectivity index (χ2n) is 8.15. The molecule has 0 bridgehead atoms. The zero-order chi connectivity index (χ0) is 22.7. The molecular formula is C24H27F2N3O2S. The van der Waals surface area contributed by atoms with Crippen molar-refractivity contribution in [3.63, 3.8) is 0 Å². The molecule has 4 rings (SSSR count). The molecule has 0 spiro atoms. The SMILES string of the molecule is COCc1c(C(=O)N(C)CCCC2CC(c3cccc(F)c3)NN2)sc2cccc(F)c12. The van der Waals surface area contributed by atoms with Gasteiger partial charge in [-0.3, -0.25) is 15.6 Å². The lowest BCUT2D eigenvalue weighted by atomic mass is 9.99. The second kappa shape index (κ2) is 10.0. The van der Waals surface area contributed by atoms with Gasteiger partial charge in [-0.25, -0.2) is 8.78 Å². The van der Waals surface area contributed by atoms with Crippen molar-refractivity contribution in [3.05, 3.63) is 70.1 Å². The molecule has 2 unspecified atom stereocenters. The molecule has 1 aromatic heterocycles. The first-order chi connectivity index (χ1) is 15.5. The van der Waals surface area contributed by atoms with Crippen molar-refractivity contribution in [2.45, 2.75) is 38.0 Å². The number of methoxy groups -OCH3 is 1. The Bertz CT molecular complexity index is 1100. The van der Waals surface area contributed by atoms with Crippen LogP contribution in [0.5, 0.6) is 0 Å². The van der Waals surface area contributed by atoms with Gasteiger partial charge in [-0.1, -0.05) is 18.2 Å². The zero-order valence-corrected chi connectivity index (χ0v) is 19.0. The number of fused-ring (bicyclic) bond motifs is 1. The van der Waals surface area contributed by atoms with Crippen LogP contribution in [-0.4, -0.2) is 37.6 Å². The standard InChI is InChI=1S/C24H27F2N3O2S/c1-29(11-5-8-17-13-20(28-27-17)15-6-3-7-16(25)12-15)24(30)23-18(14-31-2)22-19(26)9-4-10-21(22)32-23/h3-4,6-7,9-10,12,17,20,27-28H,5,8,11,13-14H2,1-2H3. The summed E-state index contributed by atoms with van der Waals surface area (Å²) >= 11 is 1.31. The van der Waals surface area contributed by atoms with Gasteiger partial charge in [0.25, 0.3) is 5.91 Å². The monoisotopic (exact) mass is 459 g/mol. The Morgan fingerprint density at radius 2 is 2.03 bits per heavy atom. The van der Waals surface area contributed by atoms with Crippen molar-refractivity contribution in [2.75, 3.05) is 20.7 Å². The number of hydrogen-bond acceptors (Lipinski definition) is 5. The topological polar surface area (TPSA) is 53.6 Å². The number of halogens is 2. The summed E-state index contributed by atoms with van der Waals surface area (Å²) in [5, 5.41) is 0.473. The van der Waals surface area contributed by atoms with E-state index in [0.29, 0.717) is 22.4 Å². The van der Waals surface area contributed by atoms with Crippen LogP contribution in [0.25, 0.3) is 10.1 Å². The number of hydrogen-bond donors (Lipinski definition) is 2. The summed E-state index contributed by atoms with van der Waals surface area (Å²) in [6.07, 6.45) is 2.55. The van der Waals surface area contributed by atoms with Crippen LogP contribution in [0.4, 0.5) is 8.78 Å². The Labute approximate surface area is 190 Å². The van der Waals surface area contributed by atoms with E-state index in [2.05, 4.69) is 10.9 Å². The van der Waals surface area contributed by atoms with Gasteiger partial charge in [0.15, 0.2) is 0 Å². The predicted molar refractivity (Wildman–Crippen MR) is 123 cm³/mol. The molecule has 2 heterocycles. The molecular weight excluding hydrogens is 432 g/mol. The van der Waals surface area contributed by atoms with E-state index < -0.39 is 0 Å². The number of nitrogens with one attached hydrogen (secondary N) is 2. The number of carbonyl (C=O) groups is 1. The summed E-state index contributed by atoms with van der Waals surface area (Å²) in [5.74, 6) is -0.685. The number of benzene rings is 2. The fraction of sp³-hybridized carbons (Fsp3) is 0.375. The van der Waals surface area contributed by atoms with E-state index in [-0.39, 0.29) is 36.2 Å².